The van der Waals surface area contributed by atoms with Crippen LogP contribution in [0.4, 0.5) is 11.4 Å². The van der Waals surface area contributed by atoms with E-state index in [0.29, 0.717) is 22.0 Å². The van der Waals surface area contributed by atoms with E-state index in [4.69, 9.17) is 11.6 Å². The molecule has 8 heteroatoms. The molecule has 0 aliphatic heterocycles. The van der Waals surface area contributed by atoms with Crippen molar-refractivity contribution in [3.8, 4) is 0 Å². The van der Waals surface area contributed by atoms with Crippen molar-refractivity contribution < 1.29 is 9.59 Å². The molecule has 156 valence electrons. The standard InChI is InChI=1S/C23H18ClN3O2S2/c1-14-7-8-16(24)11-19(14)26-21(28)13-30-23-27-18-10-9-17(12-20(18)31-23)25-22(29)15-5-3-2-4-6-15/h2-12H,13H2,1H3,(H,25,29)(H,26,28). The van der Waals surface area contributed by atoms with Gasteiger partial charge in [-0.05, 0) is 55.0 Å². The zero-order valence-corrected chi connectivity index (χ0v) is 18.9. The highest BCUT2D eigenvalue weighted by Crippen LogP contribution is 2.31. The Labute approximate surface area is 192 Å². The summed E-state index contributed by atoms with van der Waals surface area (Å²) >= 11 is 8.87. The first-order valence-corrected chi connectivity index (χ1v) is 11.6. The molecule has 4 aromatic rings. The Morgan fingerprint density at radius 2 is 1.84 bits per heavy atom. The minimum Gasteiger partial charge on any atom is -0.325 e. The molecular weight excluding hydrogens is 450 g/mol. The molecular formula is C23H18ClN3O2S2. The molecule has 0 saturated carbocycles. The number of aryl methyl sites for hydroxylation is 1. The van der Waals surface area contributed by atoms with Crippen molar-refractivity contribution in [3.63, 3.8) is 0 Å². The second-order valence-corrected chi connectivity index (χ2v) is 9.47. The third kappa shape index (κ3) is 5.44. The Morgan fingerprint density at radius 3 is 2.65 bits per heavy atom. The predicted molar refractivity (Wildman–Crippen MR) is 130 cm³/mol. The summed E-state index contributed by atoms with van der Waals surface area (Å²) in [5.74, 6) is -0.0407. The highest BCUT2D eigenvalue weighted by atomic mass is 35.5. The number of nitrogens with zero attached hydrogens (tertiary/aromatic N) is 1. The number of thioether (sulfide) groups is 1. The Morgan fingerprint density at radius 1 is 1.03 bits per heavy atom. The van der Waals surface area contributed by atoms with Gasteiger partial charge in [0, 0.05) is 22.0 Å². The maximum Gasteiger partial charge on any atom is 0.255 e. The lowest BCUT2D eigenvalue weighted by Crippen LogP contribution is -2.14. The lowest BCUT2D eigenvalue weighted by molar-refractivity contribution is -0.113. The van der Waals surface area contributed by atoms with Crippen LogP contribution in [0.5, 0.6) is 0 Å². The van der Waals surface area contributed by atoms with Crippen LogP contribution in [-0.2, 0) is 4.79 Å². The van der Waals surface area contributed by atoms with E-state index >= 15 is 0 Å². The van der Waals surface area contributed by atoms with Gasteiger partial charge in [-0.2, -0.15) is 0 Å². The van der Waals surface area contributed by atoms with Crippen molar-refractivity contribution in [2.45, 2.75) is 11.3 Å². The number of nitrogens with one attached hydrogen (secondary N) is 2. The van der Waals surface area contributed by atoms with Crippen molar-refractivity contribution >= 4 is 68.1 Å². The average Bonchev–Trinajstić information content (AvgIpc) is 3.18. The van der Waals surface area contributed by atoms with E-state index in [1.165, 1.54) is 23.1 Å². The normalized spacial score (nSPS) is 10.8. The number of carbonyl (C=O) groups excluding carboxylic acids is 2. The van der Waals surface area contributed by atoms with Gasteiger partial charge in [-0.25, -0.2) is 4.98 Å². The number of halogens is 1. The summed E-state index contributed by atoms with van der Waals surface area (Å²) in [5.41, 5.74) is 3.80. The van der Waals surface area contributed by atoms with Gasteiger partial charge in [-0.15, -0.1) is 11.3 Å². The number of fused-ring (bicyclic) bond motifs is 1. The molecule has 0 unspecified atom stereocenters. The van der Waals surface area contributed by atoms with Gasteiger partial charge in [0.25, 0.3) is 5.91 Å². The largest absolute Gasteiger partial charge is 0.325 e. The van der Waals surface area contributed by atoms with Gasteiger partial charge in [0.2, 0.25) is 5.91 Å². The quantitative estimate of drug-likeness (QED) is 0.329. The Kier molecular flexibility index (Phi) is 6.56. The summed E-state index contributed by atoms with van der Waals surface area (Å²) in [6, 6.07) is 20.1. The zero-order valence-electron chi connectivity index (χ0n) is 16.5. The third-order valence-electron chi connectivity index (χ3n) is 4.46. The number of carbonyl (C=O) groups is 2. The minimum absolute atomic E-state index is 0.120. The van der Waals surface area contributed by atoms with Crippen LogP contribution in [0, 0.1) is 6.92 Å². The molecule has 1 heterocycles. The van der Waals surface area contributed by atoms with Crippen molar-refractivity contribution in [3.05, 3.63) is 82.9 Å². The molecule has 31 heavy (non-hydrogen) atoms. The number of benzene rings is 3. The Balaban J connectivity index is 1.39. The van der Waals surface area contributed by atoms with E-state index in [1.54, 1.807) is 24.3 Å². The second kappa shape index (κ2) is 9.51. The van der Waals surface area contributed by atoms with Gasteiger partial charge < -0.3 is 10.6 Å². The first kappa shape index (κ1) is 21.4. The molecule has 4 rings (SSSR count). The van der Waals surface area contributed by atoms with Gasteiger partial charge >= 0.3 is 0 Å². The summed E-state index contributed by atoms with van der Waals surface area (Å²) < 4.78 is 1.74. The first-order valence-electron chi connectivity index (χ1n) is 9.44. The van der Waals surface area contributed by atoms with Gasteiger partial charge in [0.1, 0.15) is 0 Å². The molecule has 3 aromatic carbocycles. The molecule has 0 bridgehead atoms. The van der Waals surface area contributed by atoms with Crippen LogP contribution >= 0.6 is 34.7 Å². The number of rotatable bonds is 6. The lowest BCUT2D eigenvalue weighted by atomic mass is 10.2. The van der Waals surface area contributed by atoms with Crippen molar-refractivity contribution in [2.24, 2.45) is 0 Å². The number of hydrogen-bond acceptors (Lipinski definition) is 5. The molecule has 0 atom stereocenters. The Hall–Kier alpha value is -2.87. The Bertz CT molecular complexity index is 1260. The summed E-state index contributed by atoms with van der Waals surface area (Å²) in [5, 5.41) is 6.37. The molecule has 0 aliphatic rings. The van der Waals surface area contributed by atoms with Crippen LogP contribution in [0.1, 0.15) is 15.9 Å². The highest BCUT2D eigenvalue weighted by molar-refractivity contribution is 8.01. The molecule has 0 spiro atoms. The van der Waals surface area contributed by atoms with Gasteiger partial charge in [-0.1, -0.05) is 47.6 Å². The maximum atomic E-state index is 12.3. The highest BCUT2D eigenvalue weighted by Gasteiger charge is 2.11. The second-order valence-electron chi connectivity index (χ2n) is 6.78. The van der Waals surface area contributed by atoms with E-state index in [9.17, 15) is 9.59 Å². The number of hydrogen-bond donors (Lipinski definition) is 2. The third-order valence-corrected chi connectivity index (χ3v) is 6.86. The van der Waals surface area contributed by atoms with E-state index in [-0.39, 0.29) is 17.6 Å². The summed E-state index contributed by atoms with van der Waals surface area (Å²) in [6.07, 6.45) is 0. The van der Waals surface area contributed by atoms with E-state index in [1.807, 2.05) is 49.4 Å². The van der Waals surface area contributed by atoms with Gasteiger partial charge in [0.15, 0.2) is 4.34 Å². The molecule has 2 amide bonds. The summed E-state index contributed by atoms with van der Waals surface area (Å²) in [4.78, 5) is 29.2. The fraction of sp³-hybridized carbons (Fsp3) is 0.0870. The van der Waals surface area contributed by atoms with E-state index < -0.39 is 0 Å². The van der Waals surface area contributed by atoms with Crippen molar-refractivity contribution in [2.75, 3.05) is 16.4 Å². The zero-order chi connectivity index (χ0) is 21.8. The topological polar surface area (TPSA) is 71.1 Å². The number of thiazole rings is 1. The first-order chi connectivity index (χ1) is 15.0. The van der Waals surface area contributed by atoms with Crippen LogP contribution in [0.2, 0.25) is 5.02 Å². The summed E-state index contributed by atoms with van der Waals surface area (Å²) in [6.45, 7) is 1.92. The number of aromatic nitrogens is 1. The van der Waals surface area contributed by atoms with Crippen LogP contribution in [0.3, 0.4) is 0 Å². The minimum atomic E-state index is -0.160. The summed E-state index contributed by atoms with van der Waals surface area (Å²) in [7, 11) is 0. The van der Waals surface area contributed by atoms with Crippen LogP contribution < -0.4 is 10.6 Å². The van der Waals surface area contributed by atoms with Crippen molar-refractivity contribution in [1.29, 1.82) is 0 Å². The van der Waals surface area contributed by atoms with Crippen LogP contribution in [-0.4, -0.2) is 22.6 Å². The molecule has 2 N–H and O–H groups in total. The number of anilines is 2. The van der Waals surface area contributed by atoms with Crippen LogP contribution in [0.15, 0.2) is 71.1 Å². The molecule has 0 aliphatic carbocycles. The van der Waals surface area contributed by atoms with Crippen molar-refractivity contribution in [1.82, 2.24) is 4.98 Å². The SMILES string of the molecule is Cc1ccc(Cl)cc1NC(=O)CSc1nc2ccc(NC(=O)c3ccccc3)cc2s1. The molecule has 0 radical (unpaired) electrons. The fourth-order valence-electron chi connectivity index (χ4n) is 2.88. The predicted octanol–water partition coefficient (Wildman–Crippen LogP) is 6.24. The lowest BCUT2D eigenvalue weighted by Gasteiger charge is -2.08. The average molecular weight is 468 g/mol. The monoisotopic (exact) mass is 467 g/mol. The number of amides is 2. The molecule has 0 fully saturated rings. The molecule has 5 nitrogen and oxygen atoms in total. The fourth-order valence-corrected chi connectivity index (χ4v) is 4.96. The van der Waals surface area contributed by atoms with E-state index in [2.05, 4.69) is 15.6 Å². The molecule has 1 aromatic heterocycles. The van der Waals surface area contributed by atoms with Gasteiger partial charge in [0.05, 0.1) is 16.0 Å². The smallest absolute Gasteiger partial charge is 0.255 e. The van der Waals surface area contributed by atoms with E-state index in [0.717, 1.165) is 20.1 Å². The van der Waals surface area contributed by atoms with Crippen LogP contribution in [0.25, 0.3) is 10.2 Å². The van der Waals surface area contributed by atoms with Gasteiger partial charge in [-0.3, -0.25) is 9.59 Å². The molecule has 0 saturated heterocycles. The maximum absolute atomic E-state index is 12.3.